The number of rotatable bonds is 2. The van der Waals surface area contributed by atoms with E-state index in [0.29, 0.717) is 0 Å². The zero-order valence-corrected chi connectivity index (χ0v) is 22.6. The number of benzene rings is 5. The number of nitrogens with zero attached hydrogens (tertiary/aromatic N) is 3. The molecule has 8 rings (SSSR count). The van der Waals surface area contributed by atoms with Gasteiger partial charge in [0.1, 0.15) is 17.0 Å². The normalized spacial score (nSPS) is 12.4. The zero-order chi connectivity index (χ0) is 27.0. The van der Waals surface area contributed by atoms with E-state index in [0.717, 1.165) is 61.1 Å². The predicted octanol–water partition coefficient (Wildman–Crippen LogP) is 9.59. The van der Waals surface area contributed by atoms with Crippen LogP contribution in [0.1, 0.15) is 26.5 Å². The van der Waals surface area contributed by atoms with Crippen molar-refractivity contribution in [3.63, 3.8) is 0 Å². The summed E-state index contributed by atoms with van der Waals surface area (Å²) < 4.78 is 9.12. The van der Waals surface area contributed by atoms with E-state index < -0.39 is 0 Å². The van der Waals surface area contributed by atoms with Crippen LogP contribution >= 0.6 is 0 Å². The van der Waals surface area contributed by atoms with E-state index in [-0.39, 0.29) is 5.41 Å². The fraction of sp³-hybridized carbons (Fsp3) is 0.111. The second-order valence-corrected chi connectivity index (χ2v) is 11.5. The van der Waals surface area contributed by atoms with Gasteiger partial charge in [-0.25, -0.2) is 4.98 Å². The van der Waals surface area contributed by atoms with Crippen LogP contribution in [-0.4, -0.2) is 14.5 Å². The Morgan fingerprint density at radius 2 is 1.38 bits per heavy atom. The fourth-order valence-corrected chi connectivity index (χ4v) is 6.10. The minimum Gasteiger partial charge on any atom is -0.455 e. The Morgan fingerprint density at radius 1 is 0.650 bits per heavy atom. The highest BCUT2D eigenvalue weighted by atomic mass is 16.3. The lowest BCUT2D eigenvalue weighted by molar-refractivity contribution is 0.573. The molecule has 4 heteroatoms. The molecule has 3 aromatic heterocycles. The number of furan rings is 1. The van der Waals surface area contributed by atoms with Crippen LogP contribution in [0.4, 0.5) is 0 Å². The Balaban J connectivity index is 1.51. The third kappa shape index (κ3) is 3.26. The number of hydrogen-bond donors (Lipinski definition) is 0. The molecular formula is C36H27N3O. The monoisotopic (exact) mass is 517 g/mol. The van der Waals surface area contributed by atoms with Gasteiger partial charge >= 0.3 is 0 Å². The molecule has 192 valence electrons. The molecule has 0 aliphatic rings. The van der Waals surface area contributed by atoms with E-state index in [1.54, 1.807) is 0 Å². The average molecular weight is 518 g/mol. The minimum atomic E-state index is -0.158. The van der Waals surface area contributed by atoms with Gasteiger partial charge in [0, 0.05) is 33.5 Å². The van der Waals surface area contributed by atoms with Crippen molar-refractivity contribution >= 4 is 54.5 Å². The minimum absolute atomic E-state index is 0.158. The van der Waals surface area contributed by atoms with Crippen LogP contribution in [-0.2, 0) is 5.41 Å². The summed E-state index contributed by atoms with van der Waals surface area (Å²) >= 11 is 0. The summed E-state index contributed by atoms with van der Waals surface area (Å²) in [4.78, 5) is 10.1. The molecule has 0 radical (unpaired) electrons. The van der Waals surface area contributed by atoms with Gasteiger partial charge in [-0.15, -0.1) is 0 Å². The molecule has 0 atom stereocenters. The molecule has 0 aliphatic heterocycles. The van der Waals surface area contributed by atoms with Gasteiger partial charge in [0.25, 0.3) is 0 Å². The molecule has 0 saturated heterocycles. The number of fused-ring (bicyclic) bond motifs is 8. The second kappa shape index (κ2) is 8.27. The first-order chi connectivity index (χ1) is 19.5. The second-order valence-electron chi connectivity index (χ2n) is 11.5. The van der Waals surface area contributed by atoms with Crippen molar-refractivity contribution < 1.29 is 4.42 Å². The van der Waals surface area contributed by atoms with Gasteiger partial charge < -0.3 is 4.42 Å². The van der Waals surface area contributed by atoms with Gasteiger partial charge in [-0.3, -0.25) is 9.55 Å². The van der Waals surface area contributed by atoms with Crippen molar-refractivity contribution in [3.8, 4) is 17.1 Å². The summed E-state index contributed by atoms with van der Waals surface area (Å²) in [5.41, 5.74) is 6.57. The number of para-hydroxylation sites is 2. The summed E-state index contributed by atoms with van der Waals surface area (Å²) in [6, 6.07) is 36.1. The average Bonchev–Trinajstić information content (AvgIpc) is 3.55. The van der Waals surface area contributed by atoms with Gasteiger partial charge in [-0.1, -0.05) is 93.6 Å². The molecule has 5 aromatic carbocycles. The van der Waals surface area contributed by atoms with E-state index >= 15 is 0 Å². The van der Waals surface area contributed by atoms with Crippen LogP contribution in [0.25, 0.3) is 71.6 Å². The number of imidazole rings is 1. The van der Waals surface area contributed by atoms with E-state index in [1.165, 1.54) is 16.2 Å². The van der Waals surface area contributed by atoms with Gasteiger partial charge in [0.2, 0.25) is 0 Å². The Labute approximate surface area is 231 Å². The molecule has 0 spiro atoms. The Kier molecular flexibility index (Phi) is 4.75. The lowest BCUT2D eigenvalue weighted by Crippen LogP contribution is -2.15. The van der Waals surface area contributed by atoms with Crippen molar-refractivity contribution in [1.29, 1.82) is 0 Å². The maximum atomic E-state index is 6.87. The van der Waals surface area contributed by atoms with Crippen molar-refractivity contribution in [2.24, 2.45) is 0 Å². The molecule has 4 nitrogen and oxygen atoms in total. The highest BCUT2D eigenvalue weighted by molar-refractivity contribution is 6.23. The quantitative estimate of drug-likeness (QED) is 0.214. The van der Waals surface area contributed by atoms with E-state index in [9.17, 15) is 0 Å². The molecule has 0 fully saturated rings. The first-order valence-corrected chi connectivity index (χ1v) is 13.7. The number of pyridine rings is 1. The van der Waals surface area contributed by atoms with Crippen molar-refractivity contribution in [2.75, 3.05) is 0 Å². The first kappa shape index (κ1) is 23.0. The van der Waals surface area contributed by atoms with Crippen LogP contribution in [0.15, 0.2) is 114 Å². The Hall–Kier alpha value is -4.96. The molecule has 0 amide bonds. The van der Waals surface area contributed by atoms with Crippen molar-refractivity contribution in [2.45, 2.75) is 26.2 Å². The van der Waals surface area contributed by atoms with Crippen LogP contribution in [0.3, 0.4) is 0 Å². The summed E-state index contributed by atoms with van der Waals surface area (Å²) in [6.07, 6.45) is 1.87. The van der Waals surface area contributed by atoms with Gasteiger partial charge in [-0.2, -0.15) is 0 Å². The predicted molar refractivity (Wildman–Crippen MR) is 165 cm³/mol. The molecule has 0 N–H and O–H groups in total. The van der Waals surface area contributed by atoms with Crippen LogP contribution < -0.4 is 0 Å². The third-order valence-electron chi connectivity index (χ3n) is 7.90. The SMILES string of the molecule is CC(C)(C)c1nccc2nc(-c3cccc4c3oc3c4ccc4ccc5ccccc5c43)n(-c3ccccc3)c12. The maximum absolute atomic E-state index is 6.87. The topological polar surface area (TPSA) is 43.9 Å². The fourth-order valence-electron chi connectivity index (χ4n) is 6.10. The third-order valence-corrected chi connectivity index (χ3v) is 7.90. The molecule has 0 aliphatic carbocycles. The molecule has 0 unspecified atom stereocenters. The highest BCUT2D eigenvalue weighted by Gasteiger charge is 2.26. The Bertz CT molecular complexity index is 2250. The number of hydrogen-bond acceptors (Lipinski definition) is 3. The standard InChI is InChI=1S/C36H27N3O/c1-36(2,3)34-31-29(20-21-37-34)38-35(39(31)24-11-5-4-6-12-24)28-15-9-14-26-27-19-18-23-17-16-22-10-7-8-13-25(22)30(23)33(27)40-32(26)28/h4-21H,1-3H3. The smallest absolute Gasteiger partial charge is 0.149 e. The zero-order valence-electron chi connectivity index (χ0n) is 22.6. The van der Waals surface area contributed by atoms with Crippen molar-refractivity contribution in [1.82, 2.24) is 14.5 Å². The molecule has 40 heavy (non-hydrogen) atoms. The van der Waals surface area contributed by atoms with Crippen LogP contribution in [0.2, 0.25) is 0 Å². The highest BCUT2D eigenvalue weighted by Crippen LogP contribution is 2.42. The van der Waals surface area contributed by atoms with Gasteiger partial charge in [0.05, 0.1) is 22.3 Å². The van der Waals surface area contributed by atoms with Gasteiger partial charge in [-0.05, 0) is 46.5 Å². The van der Waals surface area contributed by atoms with Gasteiger partial charge in [0.15, 0.2) is 0 Å². The van der Waals surface area contributed by atoms with E-state index in [1.807, 2.05) is 18.3 Å². The summed E-state index contributed by atoms with van der Waals surface area (Å²) in [7, 11) is 0. The largest absolute Gasteiger partial charge is 0.455 e. The van der Waals surface area contributed by atoms with Crippen LogP contribution in [0.5, 0.6) is 0 Å². The first-order valence-electron chi connectivity index (χ1n) is 13.7. The summed E-state index contributed by atoms with van der Waals surface area (Å²) in [5, 5.41) is 6.92. The molecule has 3 heterocycles. The van der Waals surface area contributed by atoms with Crippen LogP contribution in [0, 0.1) is 0 Å². The van der Waals surface area contributed by atoms with E-state index in [4.69, 9.17) is 14.4 Å². The maximum Gasteiger partial charge on any atom is 0.149 e. The molecular weight excluding hydrogens is 490 g/mol. The lowest BCUT2D eigenvalue weighted by atomic mass is 9.90. The number of aromatic nitrogens is 3. The summed E-state index contributed by atoms with van der Waals surface area (Å²) in [5.74, 6) is 0.846. The molecule has 0 bridgehead atoms. The lowest BCUT2D eigenvalue weighted by Gasteiger charge is -2.20. The van der Waals surface area contributed by atoms with E-state index in [2.05, 4.69) is 116 Å². The molecule has 0 saturated carbocycles. The Morgan fingerprint density at radius 3 is 2.23 bits per heavy atom. The van der Waals surface area contributed by atoms with Crippen molar-refractivity contribution in [3.05, 3.63) is 115 Å². The molecule has 8 aromatic rings. The summed E-state index contributed by atoms with van der Waals surface area (Å²) in [6.45, 7) is 6.60.